The zero-order valence-electron chi connectivity index (χ0n) is 14.9. The lowest BCUT2D eigenvalue weighted by molar-refractivity contribution is 1.11. The third-order valence-corrected chi connectivity index (χ3v) is 6.31. The number of fused-ring (bicyclic) bond motifs is 4. The highest BCUT2D eigenvalue weighted by Gasteiger charge is 2.18. The second kappa shape index (κ2) is 6.01. The third-order valence-electron chi connectivity index (χ3n) is 5.09. The van der Waals surface area contributed by atoms with E-state index in [-0.39, 0.29) is 0 Å². The number of aromatic nitrogens is 3. The Hall–Kier alpha value is -3.50. The molecule has 3 heterocycles. The minimum absolute atomic E-state index is 0.763. The Bertz CT molecular complexity index is 1460. The fraction of sp³-hybridized carbons (Fsp3) is 0. The second-order valence-corrected chi connectivity index (χ2v) is 7.79. The molecule has 0 aliphatic carbocycles. The highest BCUT2D eigenvalue weighted by molar-refractivity contribution is 7.26. The highest BCUT2D eigenvalue weighted by atomic mass is 32.1. The maximum absolute atomic E-state index is 4.94. The number of nitrogens with zero attached hydrogens (tertiary/aromatic N) is 3. The van der Waals surface area contributed by atoms with E-state index in [0.717, 1.165) is 28.2 Å². The van der Waals surface area contributed by atoms with Gasteiger partial charge < -0.3 is 0 Å². The van der Waals surface area contributed by atoms with Gasteiger partial charge in [0.1, 0.15) is 5.82 Å². The van der Waals surface area contributed by atoms with Gasteiger partial charge >= 0.3 is 0 Å². The summed E-state index contributed by atoms with van der Waals surface area (Å²) in [4.78, 5) is 9.45. The van der Waals surface area contributed by atoms with Crippen molar-refractivity contribution in [3.63, 3.8) is 0 Å². The van der Waals surface area contributed by atoms with Gasteiger partial charge in [0.25, 0.3) is 0 Å². The molecule has 28 heavy (non-hydrogen) atoms. The fourth-order valence-corrected chi connectivity index (χ4v) is 5.07. The van der Waals surface area contributed by atoms with Crippen LogP contribution in [0.5, 0.6) is 0 Å². The number of thiophene rings is 1. The molecule has 6 rings (SSSR count). The maximum Gasteiger partial charge on any atom is 0.178 e. The number of hydrogen-bond acceptors (Lipinski definition) is 3. The van der Waals surface area contributed by atoms with Crippen LogP contribution in [0.15, 0.2) is 91.1 Å². The average molecular weight is 377 g/mol. The summed E-state index contributed by atoms with van der Waals surface area (Å²) >= 11 is 1.82. The molecule has 0 unspecified atom stereocenters. The van der Waals surface area contributed by atoms with Crippen molar-refractivity contribution < 1.29 is 0 Å². The lowest BCUT2D eigenvalue weighted by atomic mass is 10.1. The van der Waals surface area contributed by atoms with Crippen LogP contribution in [0, 0.1) is 0 Å². The SMILES string of the molecule is c1ccc(-n2c(-c3cccc4c3sc3ccccc34)nc3ncccc32)cc1. The topological polar surface area (TPSA) is 30.7 Å². The molecule has 0 bridgehead atoms. The summed E-state index contributed by atoms with van der Waals surface area (Å²) in [6.45, 7) is 0. The molecule has 0 atom stereocenters. The quantitative estimate of drug-likeness (QED) is 0.347. The predicted octanol–water partition coefficient (Wildman–Crippen LogP) is 6.46. The summed E-state index contributed by atoms with van der Waals surface area (Å²) in [5.74, 6) is 0.928. The van der Waals surface area contributed by atoms with Crippen LogP contribution in [-0.2, 0) is 0 Å². The van der Waals surface area contributed by atoms with E-state index in [2.05, 4.69) is 82.3 Å². The first-order chi connectivity index (χ1) is 13.9. The van der Waals surface area contributed by atoms with Gasteiger partial charge in [-0.2, -0.15) is 0 Å². The normalized spacial score (nSPS) is 11.6. The van der Waals surface area contributed by atoms with Gasteiger partial charge in [0.2, 0.25) is 0 Å². The largest absolute Gasteiger partial charge is 0.291 e. The van der Waals surface area contributed by atoms with E-state index in [4.69, 9.17) is 4.98 Å². The molecular weight excluding hydrogens is 362 g/mol. The molecule has 3 nitrogen and oxygen atoms in total. The maximum atomic E-state index is 4.94. The molecule has 6 aromatic rings. The Morgan fingerprint density at radius 2 is 1.54 bits per heavy atom. The standard InChI is InChI=1S/C24H15N3S/c1-2-8-16(9-3-1)27-20-13-7-15-25-23(20)26-24(27)19-12-6-11-18-17-10-4-5-14-21(17)28-22(18)19/h1-15H. The Kier molecular flexibility index (Phi) is 3.34. The minimum Gasteiger partial charge on any atom is -0.291 e. The van der Waals surface area contributed by atoms with Gasteiger partial charge in [-0.25, -0.2) is 9.97 Å². The van der Waals surface area contributed by atoms with Gasteiger partial charge in [0, 0.05) is 37.6 Å². The Morgan fingerprint density at radius 3 is 2.46 bits per heavy atom. The van der Waals surface area contributed by atoms with Crippen LogP contribution >= 0.6 is 11.3 Å². The van der Waals surface area contributed by atoms with Gasteiger partial charge in [-0.1, -0.05) is 48.5 Å². The molecule has 0 aliphatic heterocycles. The van der Waals surface area contributed by atoms with Gasteiger partial charge in [-0.05, 0) is 36.4 Å². The lowest BCUT2D eigenvalue weighted by Crippen LogP contribution is -1.97. The average Bonchev–Trinajstić information content (AvgIpc) is 3.33. The Labute approximate surface area is 165 Å². The van der Waals surface area contributed by atoms with Crippen molar-refractivity contribution in [3.05, 3.63) is 91.1 Å². The van der Waals surface area contributed by atoms with Crippen molar-refractivity contribution in [3.8, 4) is 17.1 Å². The fourth-order valence-electron chi connectivity index (χ4n) is 3.86. The molecule has 132 valence electrons. The molecule has 3 aromatic carbocycles. The van der Waals surface area contributed by atoms with Gasteiger partial charge in [-0.15, -0.1) is 11.3 Å². The molecule has 0 aliphatic rings. The van der Waals surface area contributed by atoms with Crippen LogP contribution < -0.4 is 0 Å². The molecule has 0 N–H and O–H groups in total. The summed E-state index contributed by atoms with van der Waals surface area (Å²) in [5, 5.41) is 2.57. The van der Waals surface area contributed by atoms with Crippen LogP contribution in [0.2, 0.25) is 0 Å². The molecular formula is C24H15N3S. The zero-order chi connectivity index (χ0) is 18.5. The van der Waals surface area contributed by atoms with Crippen molar-refractivity contribution in [2.24, 2.45) is 0 Å². The van der Waals surface area contributed by atoms with Crippen LogP contribution in [0.4, 0.5) is 0 Å². The third kappa shape index (κ3) is 2.22. The van der Waals surface area contributed by atoms with Crippen molar-refractivity contribution in [2.75, 3.05) is 0 Å². The van der Waals surface area contributed by atoms with Gasteiger partial charge in [0.15, 0.2) is 5.65 Å². The molecule has 0 saturated heterocycles. The predicted molar refractivity (Wildman–Crippen MR) is 117 cm³/mol. The van der Waals surface area contributed by atoms with E-state index in [1.807, 2.05) is 23.5 Å². The van der Waals surface area contributed by atoms with E-state index in [9.17, 15) is 0 Å². The first kappa shape index (κ1) is 15.5. The Balaban J connectivity index is 1.74. The zero-order valence-corrected chi connectivity index (χ0v) is 15.7. The van der Waals surface area contributed by atoms with E-state index < -0.39 is 0 Å². The summed E-state index contributed by atoms with van der Waals surface area (Å²) in [7, 11) is 0. The van der Waals surface area contributed by atoms with Gasteiger partial charge in [-0.3, -0.25) is 4.57 Å². The van der Waals surface area contributed by atoms with Gasteiger partial charge in [0.05, 0.1) is 5.52 Å². The summed E-state index contributed by atoms with van der Waals surface area (Å²) in [5.41, 5.74) is 4.01. The second-order valence-electron chi connectivity index (χ2n) is 6.73. The number of para-hydroxylation sites is 1. The smallest absolute Gasteiger partial charge is 0.178 e. The van der Waals surface area contributed by atoms with Crippen molar-refractivity contribution in [1.82, 2.24) is 14.5 Å². The highest BCUT2D eigenvalue weighted by Crippen LogP contribution is 2.40. The molecule has 3 aromatic heterocycles. The number of benzene rings is 3. The first-order valence-electron chi connectivity index (χ1n) is 9.20. The summed E-state index contributed by atoms with van der Waals surface area (Å²) in [6.07, 6.45) is 1.80. The number of pyridine rings is 1. The number of hydrogen-bond donors (Lipinski definition) is 0. The van der Waals surface area contributed by atoms with Crippen LogP contribution in [0.25, 0.3) is 48.4 Å². The molecule has 0 fully saturated rings. The molecule has 4 heteroatoms. The van der Waals surface area contributed by atoms with E-state index in [1.54, 1.807) is 6.20 Å². The van der Waals surface area contributed by atoms with Crippen molar-refractivity contribution in [2.45, 2.75) is 0 Å². The number of imidazole rings is 1. The molecule has 0 saturated carbocycles. The molecule has 0 spiro atoms. The summed E-state index contributed by atoms with van der Waals surface area (Å²) < 4.78 is 4.77. The lowest BCUT2D eigenvalue weighted by Gasteiger charge is -2.10. The van der Waals surface area contributed by atoms with E-state index in [1.165, 1.54) is 20.2 Å². The van der Waals surface area contributed by atoms with Crippen molar-refractivity contribution in [1.29, 1.82) is 0 Å². The monoisotopic (exact) mass is 377 g/mol. The van der Waals surface area contributed by atoms with E-state index >= 15 is 0 Å². The van der Waals surface area contributed by atoms with Crippen LogP contribution in [0.3, 0.4) is 0 Å². The molecule has 0 radical (unpaired) electrons. The van der Waals surface area contributed by atoms with E-state index in [0.29, 0.717) is 0 Å². The molecule has 0 amide bonds. The van der Waals surface area contributed by atoms with Crippen LogP contribution in [0.1, 0.15) is 0 Å². The van der Waals surface area contributed by atoms with Crippen LogP contribution in [-0.4, -0.2) is 14.5 Å². The first-order valence-corrected chi connectivity index (χ1v) is 10.0. The minimum atomic E-state index is 0.763. The Morgan fingerprint density at radius 1 is 0.714 bits per heavy atom. The number of rotatable bonds is 2. The van der Waals surface area contributed by atoms with Crippen molar-refractivity contribution >= 4 is 42.7 Å². The summed E-state index contributed by atoms with van der Waals surface area (Å²) in [6, 6.07) is 29.5.